The van der Waals surface area contributed by atoms with Crippen LogP contribution in [0.1, 0.15) is 27.0 Å². The van der Waals surface area contributed by atoms with Crippen molar-refractivity contribution in [3.63, 3.8) is 0 Å². The summed E-state index contributed by atoms with van der Waals surface area (Å²) < 4.78 is 1.10. The molecule has 3 rings (SSSR count). The summed E-state index contributed by atoms with van der Waals surface area (Å²) in [7, 11) is 0. The molecule has 0 unspecified atom stereocenters. The first kappa shape index (κ1) is 13.8. The zero-order chi connectivity index (χ0) is 15.0. The maximum atomic E-state index is 12.2. The van der Waals surface area contributed by atoms with Gasteiger partial charge < -0.3 is 0 Å². The van der Waals surface area contributed by atoms with E-state index in [1.54, 1.807) is 0 Å². The number of benzene rings is 2. The number of aromatic nitrogens is 1. The van der Waals surface area contributed by atoms with Crippen LogP contribution in [0.5, 0.6) is 0 Å². The second-order valence-electron chi connectivity index (χ2n) is 5.27. The first-order valence-electron chi connectivity index (χ1n) is 6.79. The van der Waals surface area contributed by atoms with Crippen molar-refractivity contribution in [2.75, 3.05) is 5.32 Å². The van der Waals surface area contributed by atoms with Crippen LogP contribution in [0.3, 0.4) is 0 Å². The highest BCUT2D eigenvalue weighted by molar-refractivity contribution is 7.22. The van der Waals surface area contributed by atoms with E-state index in [-0.39, 0.29) is 5.91 Å². The molecule has 0 atom stereocenters. The summed E-state index contributed by atoms with van der Waals surface area (Å²) in [6.07, 6.45) is 0. The van der Waals surface area contributed by atoms with Crippen molar-refractivity contribution in [3.8, 4) is 0 Å². The second-order valence-corrected chi connectivity index (χ2v) is 6.30. The fourth-order valence-corrected chi connectivity index (χ4v) is 3.34. The highest BCUT2D eigenvalue weighted by atomic mass is 32.1. The first-order chi connectivity index (χ1) is 10.0. The minimum absolute atomic E-state index is 0.122. The number of rotatable bonds is 2. The molecule has 3 nitrogen and oxygen atoms in total. The number of thiazole rings is 1. The molecule has 1 N–H and O–H groups in total. The molecule has 3 aromatic rings. The van der Waals surface area contributed by atoms with Crippen molar-refractivity contribution in [2.45, 2.75) is 20.8 Å². The molecule has 1 aromatic heterocycles. The number of aryl methyl sites for hydroxylation is 3. The average molecular weight is 296 g/mol. The van der Waals surface area contributed by atoms with Crippen LogP contribution in [-0.4, -0.2) is 10.9 Å². The predicted molar refractivity (Wildman–Crippen MR) is 88.2 cm³/mol. The summed E-state index contributed by atoms with van der Waals surface area (Å²) in [5, 5.41) is 3.53. The number of amides is 1. The van der Waals surface area contributed by atoms with Gasteiger partial charge in [0.05, 0.1) is 10.2 Å². The highest BCUT2D eigenvalue weighted by Crippen LogP contribution is 2.29. The lowest BCUT2D eigenvalue weighted by Gasteiger charge is -2.01. The van der Waals surface area contributed by atoms with Gasteiger partial charge in [0, 0.05) is 5.56 Å². The van der Waals surface area contributed by atoms with Crippen molar-refractivity contribution in [2.24, 2.45) is 0 Å². The van der Waals surface area contributed by atoms with Gasteiger partial charge in [-0.15, -0.1) is 0 Å². The van der Waals surface area contributed by atoms with Crippen LogP contribution in [0.15, 0.2) is 36.4 Å². The maximum Gasteiger partial charge on any atom is 0.257 e. The smallest absolute Gasteiger partial charge is 0.257 e. The monoisotopic (exact) mass is 296 g/mol. The molecule has 2 aromatic carbocycles. The van der Waals surface area contributed by atoms with E-state index in [1.165, 1.54) is 16.9 Å². The molecule has 1 heterocycles. The van der Waals surface area contributed by atoms with E-state index in [0.29, 0.717) is 10.7 Å². The van der Waals surface area contributed by atoms with Crippen LogP contribution in [0.25, 0.3) is 10.2 Å². The van der Waals surface area contributed by atoms with Crippen molar-refractivity contribution >= 4 is 32.6 Å². The molecule has 0 saturated carbocycles. The zero-order valence-corrected chi connectivity index (χ0v) is 13.0. The van der Waals surface area contributed by atoms with Crippen molar-refractivity contribution in [1.29, 1.82) is 0 Å². The van der Waals surface area contributed by atoms with Crippen LogP contribution < -0.4 is 5.32 Å². The van der Waals surface area contributed by atoms with Gasteiger partial charge in [0.25, 0.3) is 5.91 Å². The topological polar surface area (TPSA) is 42.0 Å². The number of carbonyl (C=O) groups excluding carboxylic acids is 1. The van der Waals surface area contributed by atoms with E-state index in [9.17, 15) is 4.79 Å². The Hall–Kier alpha value is -2.20. The standard InChI is InChI=1S/C17H16N2OS/c1-10-4-6-13(7-5-10)16(20)19-17-18-15-12(3)8-11(2)9-14(15)21-17/h4-9H,1-3H3,(H,18,19,20). The van der Waals surface area contributed by atoms with Crippen LogP contribution >= 0.6 is 11.3 Å². The predicted octanol–water partition coefficient (Wildman–Crippen LogP) is 4.47. The van der Waals surface area contributed by atoms with E-state index < -0.39 is 0 Å². The van der Waals surface area contributed by atoms with Crippen LogP contribution in [0.2, 0.25) is 0 Å². The number of hydrogen-bond donors (Lipinski definition) is 1. The van der Waals surface area contributed by atoms with Gasteiger partial charge in [-0.2, -0.15) is 0 Å². The lowest BCUT2D eigenvalue weighted by atomic mass is 10.1. The fraction of sp³-hybridized carbons (Fsp3) is 0.176. The number of nitrogens with zero attached hydrogens (tertiary/aromatic N) is 1. The molecule has 21 heavy (non-hydrogen) atoms. The quantitative estimate of drug-likeness (QED) is 0.758. The van der Waals surface area contributed by atoms with E-state index in [4.69, 9.17) is 0 Å². The normalized spacial score (nSPS) is 10.8. The lowest BCUT2D eigenvalue weighted by Crippen LogP contribution is -2.11. The Labute approximate surface area is 127 Å². The molecule has 0 saturated heterocycles. The minimum atomic E-state index is -0.122. The van der Waals surface area contributed by atoms with Gasteiger partial charge in [0.2, 0.25) is 0 Å². The summed E-state index contributed by atoms with van der Waals surface area (Å²) in [5.41, 5.74) is 5.09. The zero-order valence-electron chi connectivity index (χ0n) is 12.2. The molecule has 0 fully saturated rings. The summed E-state index contributed by atoms with van der Waals surface area (Å²) in [6, 6.07) is 11.7. The molecule has 4 heteroatoms. The Bertz CT molecular complexity index is 819. The summed E-state index contributed by atoms with van der Waals surface area (Å²) in [4.78, 5) is 16.7. The molecule has 0 aliphatic rings. The molecular weight excluding hydrogens is 280 g/mol. The van der Waals surface area contributed by atoms with Gasteiger partial charge in [-0.3, -0.25) is 10.1 Å². The van der Waals surface area contributed by atoms with Crippen LogP contribution in [0, 0.1) is 20.8 Å². The van der Waals surface area contributed by atoms with E-state index >= 15 is 0 Å². The number of fused-ring (bicyclic) bond motifs is 1. The van der Waals surface area contributed by atoms with Gasteiger partial charge in [-0.1, -0.05) is 35.1 Å². The van der Waals surface area contributed by atoms with Crippen LogP contribution in [0.4, 0.5) is 5.13 Å². The molecular formula is C17H16N2OS. The van der Waals surface area contributed by atoms with E-state index in [1.807, 2.05) is 38.1 Å². The number of hydrogen-bond acceptors (Lipinski definition) is 3. The largest absolute Gasteiger partial charge is 0.298 e. The number of anilines is 1. The van der Waals surface area contributed by atoms with Crippen molar-refractivity contribution < 1.29 is 4.79 Å². The van der Waals surface area contributed by atoms with Gasteiger partial charge >= 0.3 is 0 Å². The van der Waals surface area contributed by atoms with Crippen molar-refractivity contribution in [1.82, 2.24) is 4.98 Å². The highest BCUT2D eigenvalue weighted by Gasteiger charge is 2.11. The number of carbonyl (C=O) groups is 1. The van der Waals surface area contributed by atoms with Gasteiger partial charge in [-0.05, 0) is 50.1 Å². The molecule has 0 aliphatic heterocycles. The van der Waals surface area contributed by atoms with Crippen LogP contribution in [-0.2, 0) is 0 Å². The molecule has 0 aliphatic carbocycles. The van der Waals surface area contributed by atoms with Gasteiger partial charge in [0.1, 0.15) is 0 Å². The molecule has 106 valence electrons. The molecule has 0 radical (unpaired) electrons. The Morgan fingerprint density at radius 2 is 1.76 bits per heavy atom. The van der Waals surface area contributed by atoms with E-state index in [2.05, 4.69) is 29.4 Å². The van der Waals surface area contributed by atoms with E-state index in [0.717, 1.165) is 21.3 Å². The Balaban J connectivity index is 1.89. The fourth-order valence-electron chi connectivity index (χ4n) is 2.30. The van der Waals surface area contributed by atoms with Gasteiger partial charge in [0.15, 0.2) is 5.13 Å². The third kappa shape index (κ3) is 2.81. The molecule has 0 spiro atoms. The minimum Gasteiger partial charge on any atom is -0.298 e. The number of nitrogens with one attached hydrogen (secondary N) is 1. The Morgan fingerprint density at radius 1 is 1.05 bits per heavy atom. The third-order valence-electron chi connectivity index (χ3n) is 3.36. The lowest BCUT2D eigenvalue weighted by molar-refractivity contribution is 0.102. The Morgan fingerprint density at radius 3 is 2.48 bits per heavy atom. The molecule has 1 amide bonds. The Kier molecular flexibility index (Phi) is 3.47. The third-order valence-corrected chi connectivity index (χ3v) is 4.28. The summed E-state index contributed by atoms with van der Waals surface area (Å²) in [6.45, 7) is 6.11. The first-order valence-corrected chi connectivity index (χ1v) is 7.60. The maximum absolute atomic E-state index is 12.2. The second kappa shape index (κ2) is 5.30. The average Bonchev–Trinajstić information content (AvgIpc) is 2.82. The summed E-state index contributed by atoms with van der Waals surface area (Å²) >= 11 is 1.51. The SMILES string of the molecule is Cc1ccc(C(=O)Nc2nc3c(C)cc(C)cc3s2)cc1. The molecule has 0 bridgehead atoms. The van der Waals surface area contributed by atoms with Crippen molar-refractivity contribution in [3.05, 3.63) is 58.7 Å². The van der Waals surface area contributed by atoms with Gasteiger partial charge in [-0.25, -0.2) is 4.98 Å². The summed E-state index contributed by atoms with van der Waals surface area (Å²) in [5.74, 6) is -0.122.